The number of ether oxygens (including phenoxy) is 2. The van der Waals surface area contributed by atoms with Gasteiger partial charge < -0.3 is 19.7 Å². The molecule has 1 amide bonds. The SMILES string of the molecule is COc1ccc(CC[NH+](C)CCC(=O)Nc2ccc(F)cc2)cc1OC. The normalized spacial score (nSPS) is 11.7. The van der Waals surface area contributed by atoms with E-state index in [9.17, 15) is 9.18 Å². The van der Waals surface area contributed by atoms with Gasteiger partial charge in [0, 0.05) is 12.1 Å². The third-order valence-electron chi connectivity index (χ3n) is 4.20. The van der Waals surface area contributed by atoms with Crippen LogP contribution in [0.4, 0.5) is 10.1 Å². The molecule has 0 bridgehead atoms. The molecular weight excluding hydrogens is 335 g/mol. The number of carbonyl (C=O) groups is 1. The summed E-state index contributed by atoms with van der Waals surface area (Å²) < 4.78 is 23.4. The third-order valence-corrected chi connectivity index (χ3v) is 4.20. The molecule has 0 saturated heterocycles. The van der Waals surface area contributed by atoms with Crippen molar-refractivity contribution in [3.05, 3.63) is 53.8 Å². The average Bonchev–Trinajstić information content (AvgIpc) is 2.66. The first-order valence-corrected chi connectivity index (χ1v) is 8.59. The summed E-state index contributed by atoms with van der Waals surface area (Å²) in [5.74, 6) is 1.06. The van der Waals surface area contributed by atoms with E-state index >= 15 is 0 Å². The number of nitrogens with one attached hydrogen (secondary N) is 2. The Labute approximate surface area is 153 Å². The van der Waals surface area contributed by atoms with Crippen LogP contribution in [0.1, 0.15) is 12.0 Å². The molecule has 0 fully saturated rings. The average molecular weight is 361 g/mol. The zero-order valence-corrected chi connectivity index (χ0v) is 15.5. The van der Waals surface area contributed by atoms with Crippen molar-refractivity contribution in [2.24, 2.45) is 0 Å². The highest BCUT2D eigenvalue weighted by Crippen LogP contribution is 2.27. The number of carbonyl (C=O) groups excluding carboxylic acids is 1. The fourth-order valence-electron chi connectivity index (χ4n) is 2.60. The van der Waals surface area contributed by atoms with Crippen molar-refractivity contribution in [2.75, 3.05) is 39.7 Å². The van der Waals surface area contributed by atoms with Crippen molar-refractivity contribution in [2.45, 2.75) is 12.8 Å². The van der Waals surface area contributed by atoms with Crippen molar-refractivity contribution >= 4 is 11.6 Å². The fraction of sp³-hybridized carbons (Fsp3) is 0.350. The van der Waals surface area contributed by atoms with E-state index in [2.05, 4.69) is 12.4 Å². The molecule has 0 aliphatic carbocycles. The highest BCUT2D eigenvalue weighted by molar-refractivity contribution is 5.90. The predicted octanol–water partition coefficient (Wildman–Crippen LogP) is 1.93. The molecule has 5 nitrogen and oxygen atoms in total. The fourth-order valence-corrected chi connectivity index (χ4v) is 2.60. The second kappa shape index (κ2) is 9.77. The Balaban J connectivity index is 1.75. The first-order chi connectivity index (χ1) is 12.5. The highest BCUT2D eigenvalue weighted by atomic mass is 19.1. The number of rotatable bonds is 9. The Bertz CT molecular complexity index is 719. The van der Waals surface area contributed by atoms with Crippen LogP contribution in [-0.2, 0) is 11.2 Å². The topological polar surface area (TPSA) is 52.0 Å². The van der Waals surface area contributed by atoms with E-state index in [-0.39, 0.29) is 11.7 Å². The number of anilines is 1. The van der Waals surface area contributed by atoms with Crippen LogP contribution in [0, 0.1) is 5.82 Å². The minimum absolute atomic E-state index is 0.0675. The van der Waals surface area contributed by atoms with Gasteiger partial charge in [0.15, 0.2) is 11.5 Å². The van der Waals surface area contributed by atoms with Crippen LogP contribution in [0.25, 0.3) is 0 Å². The number of quaternary nitrogens is 1. The number of benzene rings is 2. The molecule has 0 heterocycles. The molecule has 2 rings (SSSR count). The number of amides is 1. The lowest BCUT2D eigenvalue weighted by Crippen LogP contribution is -3.09. The zero-order chi connectivity index (χ0) is 18.9. The summed E-state index contributed by atoms with van der Waals surface area (Å²) in [7, 11) is 5.30. The van der Waals surface area contributed by atoms with E-state index < -0.39 is 0 Å². The minimum atomic E-state index is -0.317. The van der Waals surface area contributed by atoms with Gasteiger partial charge in [-0.05, 0) is 42.0 Å². The maximum Gasteiger partial charge on any atom is 0.230 e. The van der Waals surface area contributed by atoms with Gasteiger partial charge in [-0.3, -0.25) is 4.79 Å². The molecule has 1 unspecified atom stereocenters. The largest absolute Gasteiger partial charge is 0.493 e. The van der Waals surface area contributed by atoms with Gasteiger partial charge in [0.05, 0.1) is 40.8 Å². The summed E-state index contributed by atoms with van der Waals surface area (Å²) in [6, 6.07) is 11.7. The van der Waals surface area contributed by atoms with Gasteiger partial charge in [-0.25, -0.2) is 4.39 Å². The maximum atomic E-state index is 12.9. The molecule has 0 aliphatic heterocycles. The maximum absolute atomic E-state index is 12.9. The predicted molar refractivity (Wildman–Crippen MR) is 99.5 cm³/mol. The first-order valence-electron chi connectivity index (χ1n) is 8.59. The first kappa shape index (κ1) is 19.7. The Hall–Kier alpha value is -2.60. The Morgan fingerprint density at radius 3 is 2.38 bits per heavy atom. The van der Waals surface area contributed by atoms with Crippen LogP contribution in [0.3, 0.4) is 0 Å². The van der Waals surface area contributed by atoms with Gasteiger partial charge >= 0.3 is 0 Å². The summed E-state index contributed by atoms with van der Waals surface area (Å²) in [6.45, 7) is 1.62. The Kier molecular flexibility index (Phi) is 7.41. The van der Waals surface area contributed by atoms with E-state index in [1.165, 1.54) is 17.0 Å². The summed E-state index contributed by atoms with van der Waals surface area (Å²) >= 11 is 0. The molecule has 0 aliphatic rings. The molecule has 0 radical (unpaired) electrons. The van der Waals surface area contributed by atoms with Gasteiger partial charge in [-0.15, -0.1) is 0 Å². The third kappa shape index (κ3) is 6.04. The molecule has 2 aromatic rings. The van der Waals surface area contributed by atoms with Crippen LogP contribution < -0.4 is 19.7 Å². The standard InChI is InChI=1S/C20H25FN2O3/c1-23(12-10-15-4-9-18(25-2)19(14-15)26-3)13-11-20(24)22-17-7-5-16(21)6-8-17/h4-9,14H,10-13H2,1-3H3,(H,22,24)/p+1. The molecule has 0 saturated carbocycles. The monoisotopic (exact) mass is 361 g/mol. The number of halogens is 1. The van der Waals surface area contributed by atoms with Crippen LogP contribution in [-0.4, -0.2) is 40.3 Å². The number of hydrogen-bond acceptors (Lipinski definition) is 3. The van der Waals surface area contributed by atoms with Crippen molar-refractivity contribution in [1.82, 2.24) is 0 Å². The van der Waals surface area contributed by atoms with E-state index in [0.29, 0.717) is 12.1 Å². The second-order valence-electron chi connectivity index (χ2n) is 6.20. The van der Waals surface area contributed by atoms with E-state index in [1.54, 1.807) is 26.4 Å². The van der Waals surface area contributed by atoms with Crippen molar-refractivity contribution in [3.63, 3.8) is 0 Å². The van der Waals surface area contributed by atoms with Crippen LogP contribution in [0.2, 0.25) is 0 Å². The van der Waals surface area contributed by atoms with E-state index in [1.807, 2.05) is 18.2 Å². The smallest absolute Gasteiger partial charge is 0.230 e. The lowest BCUT2D eigenvalue weighted by molar-refractivity contribution is -0.878. The molecule has 1 atom stereocenters. The molecule has 6 heteroatoms. The number of likely N-dealkylation sites (N-methyl/N-ethyl adjacent to an activating group) is 1. The molecular formula is C20H26FN2O3+. The zero-order valence-electron chi connectivity index (χ0n) is 15.5. The Morgan fingerprint density at radius 1 is 1.04 bits per heavy atom. The Morgan fingerprint density at radius 2 is 1.73 bits per heavy atom. The summed E-state index contributed by atoms with van der Waals surface area (Å²) in [5.41, 5.74) is 1.78. The van der Waals surface area contributed by atoms with Gasteiger partial charge in [0.25, 0.3) is 0 Å². The summed E-state index contributed by atoms with van der Waals surface area (Å²) in [5, 5.41) is 2.78. The summed E-state index contributed by atoms with van der Waals surface area (Å²) in [4.78, 5) is 13.2. The van der Waals surface area contributed by atoms with Crippen molar-refractivity contribution < 1.29 is 23.6 Å². The second-order valence-corrected chi connectivity index (χ2v) is 6.20. The van der Waals surface area contributed by atoms with Crippen molar-refractivity contribution in [3.8, 4) is 11.5 Å². The molecule has 140 valence electrons. The van der Waals surface area contributed by atoms with E-state index in [4.69, 9.17) is 9.47 Å². The molecule has 26 heavy (non-hydrogen) atoms. The van der Waals surface area contributed by atoms with Crippen LogP contribution in [0.5, 0.6) is 11.5 Å². The number of methoxy groups -OCH3 is 2. The highest BCUT2D eigenvalue weighted by Gasteiger charge is 2.10. The lowest BCUT2D eigenvalue weighted by atomic mass is 10.1. The molecule has 0 spiro atoms. The quantitative estimate of drug-likeness (QED) is 0.718. The molecule has 2 N–H and O–H groups in total. The van der Waals surface area contributed by atoms with Crippen LogP contribution in [0.15, 0.2) is 42.5 Å². The number of hydrogen-bond donors (Lipinski definition) is 2. The van der Waals surface area contributed by atoms with Gasteiger partial charge in [0.1, 0.15) is 5.82 Å². The minimum Gasteiger partial charge on any atom is -0.493 e. The van der Waals surface area contributed by atoms with Gasteiger partial charge in [-0.2, -0.15) is 0 Å². The van der Waals surface area contributed by atoms with E-state index in [0.717, 1.165) is 36.6 Å². The van der Waals surface area contributed by atoms with Gasteiger partial charge in [-0.1, -0.05) is 6.07 Å². The lowest BCUT2D eigenvalue weighted by Gasteiger charge is -2.15. The van der Waals surface area contributed by atoms with Crippen LogP contribution >= 0.6 is 0 Å². The summed E-state index contributed by atoms with van der Waals surface area (Å²) in [6.07, 6.45) is 1.29. The van der Waals surface area contributed by atoms with Gasteiger partial charge in [0.2, 0.25) is 5.91 Å². The van der Waals surface area contributed by atoms with Crippen molar-refractivity contribution in [1.29, 1.82) is 0 Å². The molecule has 0 aromatic heterocycles. The molecule has 2 aromatic carbocycles.